The van der Waals surface area contributed by atoms with Crippen LogP contribution in [0.2, 0.25) is 0 Å². The molecule has 0 saturated heterocycles. The van der Waals surface area contributed by atoms with Gasteiger partial charge in [-0.3, -0.25) is 40.9 Å². The number of ether oxygens (including phenoxy) is 2. The minimum Gasteiger partial charge on any atom is -0.496 e. The molecule has 0 spiro atoms. The van der Waals surface area contributed by atoms with E-state index in [-0.39, 0.29) is 23.7 Å². The first-order chi connectivity index (χ1) is 16.4. The Hall–Kier alpha value is -4.08. The molecule has 1 aliphatic carbocycles. The predicted octanol–water partition coefficient (Wildman–Crippen LogP) is 1.73. The van der Waals surface area contributed by atoms with Gasteiger partial charge in [-0.2, -0.15) is 0 Å². The number of hydrazine groups is 2. The second-order valence-electron chi connectivity index (χ2n) is 7.84. The summed E-state index contributed by atoms with van der Waals surface area (Å²) in [7, 11) is 2.92. The minimum atomic E-state index is -0.482. The highest BCUT2D eigenvalue weighted by molar-refractivity contribution is 5.98. The summed E-state index contributed by atoms with van der Waals surface area (Å²) in [5.74, 6) is -1.44. The van der Waals surface area contributed by atoms with Crippen molar-refractivity contribution in [2.45, 2.75) is 25.7 Å². The van der Waals surface area contributed by atoms with Crippen LogP contribution in [0.4, 0.5) is 0 Å². The van der Waals surface area contributed by atoms with Gasteiger partial charge >= 0.3 is 0 Å². The zero-order valence-corrected chi connectivity index (χ0v) is 19.1. The van der Waals surface area contributed by atoms with Crippen molar-refractivity contribution in [2.75, 3.05) is 14.2 Å². The van der Waals surface area contributed by atoms with E-state index in [1.54, 1.807) is 48.5 Å². The molecule has 1 saturated carbocycles. The number of amides is 4. The molecule has 4 amide bonds. The van der Waals surface area contributed by atoms with E-state index in [0.29, 0.717) is 48.3 Å². The van der Waals surface area contributed by atoms with Crippen LogP contribution in [0.5, 0.6) is 11.5 Å². The van der Waals surface area contributed by atoms with Gasteiger partial charge in [0.1, 0.15) is 11.5 Å². The lowest BCUT2D eigenvalue weighted by atomic mass is 9.81. The summed E-state index contributed by atoms with van der Waals surface area (Å²) < 4.78 is 10.3. The zero-order chi connectivity index (χ0) is 24.5. The van der Waals surface area contributed by atoms with Crippen LogP contribution >= 0.6 is 0 Å². The Bertz CT molecular complexity index is 966. The van der Waals surface area contributed by atoms with E-state index >= 15 is 0 Å². The molecular formula is C24H28N4O6. The Balaban J connectivity index is 1.42. The second kappa shape index (κ2) is 11.7. The summed E-state index contributed by atoms with van der Waals surface area (Å²) in [5, 5.41) is 0. The molecule has 2 aromatic carbocycles. The Morgan fingerprint density at radius 1 is 0.618 bits per heavy atom. The average Bonchev–Trinajstić information content (AvgIpc) is 2.89. The SMILES string of the molecule is COc1ccccc1C(=O)NNC(=O)C1CCC(C(=O)NNC(=O)c2ccccc2OC)CC1. The van der Waals surface area contributed by atoms with Crippen molar-refractivity contribution in [1.29, 1.82) is 0 Å². The molecule has 3 rings (SSSR count). The lowest BCUT2D eigenvalue weighted by molar-refractivity contribution is -0.131. The van der Waals surface area contributed by atoms with Gasteiger partial charge < -0.3 is 9.47 Å². The Labute approximate surface area is 197 Å². The van der Waals surface area contributed by atoms with Crippen molar-refractivity contribution in [1.82, 2.24) is 21.7 Å². The van der Waals surface area contributed by atoms with Gasteiger partial charge in [-0.1, -0.05) is 24.3 Å². The van der Waals surface area contributed by atoms with Crippen LogP contribution in [-0.4, -0.2) is 37.8 Å². The van der Waals surface area contributed by atoms with E-state index in [1.165, 1.54) is 14.2 Å². The summed E-state index contributed by atoms with van der Waals surface area (Å²) >= 11 is 0. The van der Waals surface area contributed by atoms with Crippen molar-refractivity contribution >= 4 is 23.6 Å². The zero-order valence-electron chi connectivity index (χ0n) is 19.1. The van der Waals surface area contributed by atoms with Gasteiger partial charge in [0.25, 0.3) is 11.8 Å². The van der Waals surface area contributed by atoms with Gasteiger partial charge in [0.05, 0.1) is 25.3 Å². The number of para-hydroxylation sites is 2. The molecule has 180 valence electrons. The smallest absolute Gasteiger partial charge is 0.273 e. The molecular weight excluding hydrogens is 440 g/mol. The molecule has 2 aromatic rings. The number of carbonyl (C=O) groups excluding carboxylic acids is 4. The second-order valence-corrected chi connectivity index (χ2v) is 7.84. The molecule has 10 heteroatoms. The first-order valence-corrected chi connectivity index (χ1v) is 10.9. The van der Waals surface area contributed by atoms with Gasteiger partial charge in [0, 0.05) is 11.8 Å². The molecule has 0 aliphatic heterocycles. The molecule has 0 bridgehead atoms. The highest BCUT2D eigenvalue weighted by atomic mass is 16.5. The van der Waals surface area contributed by atoms with Crippen LogP contribution in [0, 0.1) is 11.8 Å². The lowest BCUT2D eigenvalue weighted by Crippen LogP contribution is -2.47. The lowest BCUT2D eigenvalue weighted by Gasteiger charge is -2.27. The number of hydrogen-bond donors (Lipinski definition) is 4. The van der Waals surface area contributed by atoms with E-state index in [2.05, 4.69) is 21.7 Å². The van der Waals surface area contributed by atoms with Crippen molar-refractivity contribution in [3.8, 4) is 11.5 Å². The summed E-state index contributed by atoms with van der Waals surface area (Å²) in [6.07, 6.45) is 1.92. The third kappa shape index (κ3) is 6.03. The molecule has 34 heavy (non-hydrogen) atoms. The van der Waals surface area contributed by atoms with Gasteiger partial charge in [0.2, 0.25) is 11.8 Å². The van der Waals surface area contributed by atoms with Gasteiger partial charge in [-0.05, 0) is 49.9 Å². The van der Waals surface area contributed by atoms with Crippen molar-refractivity contribution in [2.24, 2.45) is 11.8 Å². The summed E-state index contributed by atoms with van der Waals surface area (Å²) in [5.41, 5.74) is 10.3. The monoisotopic (exact) mass is 468 g/mol. The largest absolute Gasteiger partial charge is 0.496 e. The quantitative estimate of drug-likeness (QED) is 0.477. The predicted molar refractivity (Wildman–Crippen MR) is 123 cm³/mol. The number of methoxy groups -OCH3 is 2. The Morgan fingerprint density at radius 2 is 0.971 bits per heavy atom. The Kier molecular flexibility index (Phi) is 8.44. The molecule has 0 atom stereocenters. The average molecular weight is 469 g/mol. The van der Waals surface area contributed by atoms with E-state index in [4.69, 9.17) is 9.47 Å². The van der Waals surface area contributed by atoms with E-state index in [1.807, 2.05) is 0 Å². The summed E-state index contributed by atoms with van der Waals surface area (Å²) in [6.45, 7) is 0. The molecule has 1 aliphatic rings. The third-order valence-electron chi connectivity index (χ3n) is 5.77. The number of carbonyl (C=O) groups is 4. The maximum absolute atomic E-state index is 12.5. The molecule has 4 N–H and O–H groups in total. The maximum Gasteiger partial charge on any atom is 0.273 e. The molecule has 1 fully saturated rings. The first-order valence-electron chi connectivity index (χ1n) is 10.9. The van der Waals surface area contributed by atoms with Crippen molar-refractivity contribution in [3.63, 3.8) is 0 Å². The fourth-order valence-electron chi connectivity index (χ4n) is 3.86. The van der Waals surface area contributed by atoms with Crippen LogP contribution in [0.25, 0.3) is 0 Å². The van der Waals surface area contributed by atoms with Crippen LogP contribution in [0.1, 0.15) is 46.4 Å². The fraction of sp³-hybridized carbons (Fsp3) is 0.333. The van der Waals surface area contributed by atoms with Crippen LogP contribution in [-0.2, 0) is 9.59 Å². The minimum absolute atomic E-state index is 0.306. The van der Waals surface area contributed by atoms with Gasteiger partial charge in [0.15, 0.2) is 0 Å². The molecule has 0 heterocycles. The van der Waals surface area contributed by atoms with E-state index in [0.717, 1.165) is 0 Å². The molecule has 0 unspecified atom stereocenters. The number of rotatable bonds is 6. The molecule has 0 aromatic heterocycles. The summed E-state index contributed by atoms with van der Waals surface area (Å²) in [6, 6.07) is 13.4. The van der Waals surface area contributed by atoms with Gasteiger partial charge in [-0.25, -0.2) is 0 Å². The topological polar surface area (TPSA) is 135 Å². The van der Waals surface area contributed by atoms with Crippen molar-refractivity contribution in [3.05, 3.63) is 59.7 Å². The molecule has 0 radical (unpaired) electrons. The third-order valence-corrected chi connectivity index (χ3v) is 5.77. The van der Waals surface area contributed by atoms with Crippen LogP contribution in [0.15, 0.2) is 48.5 Å². The molecule has 10 nitrogen and oxygen atoms in total. The first kappa shape index (κ1) is 24.6. The Morgan fingerprint density at radius 3 is 1.32 bits per heavy atom. The fourth-order valence-corrected chi connectivity index (χ4v) is 3.86. The van der Waals surface area contributed by atoms with Crippen LogP contribution in [0.3, 0.4) is 0 Å². The summed E-state index contributed by atoms with van der Waals surface area (Å²) in [4.78, 5) is 49.6. The maximum atomic E-state index is 12.5. The van der Waals surface area contributed by atoms with E-state index < -0.39 is 11.8 Å². The van der Waals surface area contributed by atoms with Crippen LogP contribution < -0.4 is 31.2 Å². The normalized spacial score (nSPS) is 17.1. The van der Waals surface area contributed by atoms with E-state index in [9.17, 15) is 19.2 Å². The van der Waals surface area contributed by atoms with Gasteiger partial charge in [-0.15, -0.1) is 0 Å². The standard InChI is InChI=1S/C24H28N4O6/c1-33-19-9-5-3-7-17(19)23(31)27-25-21(29)15-11-13-16(14-12-15)22(30)26-28-24(32)18-8-4-6-10-20(18)34-2/h3-10,15-16H,11-14H2,1-2H3,(H,25,29)(H,26,30)(H,27,31)(H,28,32). The number of hydrogen-bond acceptors (Lipinski definition) is 6. The highest BCUT2D eigenvalue weighted by Gasteiger charge is 2.30. The van der Waals surface area contributed by atoms with Crippen molar-refractivity contribution < 1.29 is 28.7 Å². The highest BCUT2D eigenvalue weighted by Crippen LogP contribution is 2.29. The number of benzene rings is 2. The number of nitrogens with one attached hydrogen (secondary N) is 4.